The van der Waals surface area contributed by atoms with E-state index in [0.29, 0.717) is 35.8 Å². The van der Waals surface area contributed by atoms with Crippen molar-refractivity contribution in [3.05, 3.63) is 64.9 Å². The summed E-state index contributed by atoms with van der Waals surface area (Å²) in [4.78, 5) is 39.2. The third-order valence-electron chi connectivity index (χ3n) is 6.11. The highest BCUT2D eigenvalue weighted by Gasteiger charge is 2.28. The minimum atomic E-state index is -1.26. The summed E-state index contributed by atoms with van der Waals surface area (Å²) in [5.41, 5.74) is 1.92. The van der Waals surface area contributed by atoms with Gasteiger partial charge in [0.25, 0.3) is 0 Å². The lowest BCUT2D eigenvalue weighted by atomic mass is 9.78. The van der Waals surface area contributed by atoms with Crippen LogP contribution in [0.1, 0.15) is 94.3 Å². The van der Waals surface area contributed by atoms with Gasteiger partial charge in [-0.3, -0.25) is 4.79 Å². The van der Waals surface area contributed by atoms with Crippen molar-refractivity contribution >= 4 is 17.7 Å². The van der Waals surface area contributed by atoms with Crippen LogP contribution in [0.3, 0.4) is 0 Å². The summed E-state index contributed by atoms with van der Waals surface area (Å²) >= 11 is 0. The number of rotatable bonds is 12. The smallest absolute Gasteiger partial charge is 0.328 e. The molecule has 2 aromatic rings. The Morgan fingerprint density at radius 1 is 0.878 bits per heavy atom. The number of hydrogen-bond donors (Lipinski definition) is 3. The van der Waals surface area contributed by atoms with E-state index in [1.54, 1.807) is 18.3 Å². The number of nitrogens with zero attached hydrogens (tertiary/aromatic N) is 2. The van der Waals surface area contributed by atoms with E-state index in [4.69, 9.17) is 14.9 Å². The van der Waals surface area contributed by atoms with E-state index < -0.39 is 11.9 Å². The van der Waals surface area contributed by atoms with Gasteiger partial charge in [0.05, 0.1) is 12.2 Å². The van der Waals surface area contributed by atoms with Gasteiger partial charge < -0.3 is 25.0 Å². The first-order valence-electron chi connectivity index (χ1n) is 13.7. The Morgan fingerprint density at radius 2 is 1.39 bits per heavy atom. The van der Waals surface area contributed by atoms with Crippen molar-refractivity contribution in [2.24, 2.45) is 0 Å². The zero-order chi connectivity index (χ0) is 31.4. The Balaban J connectivity index is 0.000000915. The number of carbonyl (C=O) groups is 3. The van der Waals surface area contributed by atoms with Gasteiger partial charge in [-0.1, -0.05) is 54.4 Å². The number of unbranched alkanes of at least 4 members (excludes halogenated alkanes) is 3. The zero-order valence-electron chi connectivity index (χ0n) is 25.7. The molecule has 1 aromatic carbocycles. The molecule has 0 aliphatic heterocycles. The van der Waals surface area contributed by atoms with Crippen LogP contribution in [0.25, 0.3) is 0 Å². The minimum absolute atomic E-state index is 0.139. The van der Waals surface area contributed by atoms with Gasteiger partial charge in [-0.15, -0.1) is 0 Å². The van der Waals surface area contributed by atoms with Crippen molar-refractivity contribution in [1.82, 2.24) is 9.88 Å². The number of hydrogen-bond acceptors (Lipinski definition) is 7. The average molecular weight is 571 g/mol. The fraction of sp³-hybridized carbons (Fsp3) is 0.500. The molecule has 0 fully saturated rings. The molecule has 0 amide bonds. The molecule has 0 saturated heterocycles. The first kappa shape index (κ1) is 35.3. The third kappa shape index (κ3) is 12.6. The first-order chi connectivity index (χ1) is 18.9. The number of aliphatic carboxylic acids is 2. The molecule has 1 aromatic heterocycles. The van der Waals surface area contributed by atoms with Crippen LogP contribution in [-0.2, 0) is 20.4 Å². The maximum atomic E-state index is 13.6. The van der Waals surface area contributed by atoms with Crippen LogP contribution < -0.4 is 4.74 Å². The summed E-state index contributed by atoms with van der Waals surface area (Å²) in [6, 6.07) is 7.15. The summed E-state index contributed by atoms with van der Waals surface area (Å²) < 4.78 is 5.93. The molecule has 9 nitrogen and oxygen atoms in total. The maximum Gasteiger partial charge on any atom is 0.328 e. The minimum Gasteiger partial charge on any atom is -0.507 e. The topological polar surface area (TPSA) is 137 Å². The van der Waals surface area contributed by atoms with Crippen molar-refractivity contribution < 1.29 is 34.4 Å². The largest absolute Gasteiger partial charge is 0.507 e. The van der Waals surface area contributed by atoms with Crippen LogP contribution in [0.5, 0.6) is 11.6 Å². The number of aromatic hydroxyl groups is 1. The van der Waals surface area contributed by atoms with Gasteiger partial charge in [0, 0.05) is 35.0 Å². The molecule has 9 heteroatoms. The Kier molecular flexibility index (Phi) is 13.7. The van der Waals surface area contributed by atoms with Gasteiger partial charge in [-0.2, -0.15) is 0 Å². The van der Waals surface area contributed by atoms with E-state index in [-0.39, 0.29) is 22.4 Å². The summed E-state index contributed by atoms with van der Waals surface area (Å²) in [5, 5.41) is 26.6. The Labute approximate surface area is 243 Å². The normalized spacial score (nSPS) is 11.7. The second-order valence-corrected chi connectivity index (χ2v) is 12.2. The lowest BCUT2D eigenvalue weighted by Crippen LogP contribution is -2.19. The van der Waals surface area contributed by atoms with Crippen LogP contribution in [-0.4, -0.2) is 70.2 Å². The van der Waals surface area contributed by atoms with Crippen LogP contribution in [0, 0.1) is 0 Å². The Morgan fingerprint density at radius 3 is 1.85 bits per heavy atom. The molecule has 226 valence electrons. The zero-order valence-corrected chi connectivity index (χ0v) is 25.7. The van der Waals surface area contributed by atoms with Gasteiger partial charge in [-0.05, 0) is 68.6 Å². The van der Waals surface area contributed by atoms with Crippen molar-refractivity contribution in [3.63, 3.8) is 0 Å². The van der Waals surface area contributed by atoms with Crippen LogP contribution in [0.15, 0.2) is 42.6 Å². The number of phenolic OH excluding ortho intramolecular Hbond substituents is 1. The number of aromatic nitrogens is 1. The second kappa shape index (κ2) is 15.9. The molecule has 0 aliphatic carbocycles. The molecule has 0 spiro atoms. The van der Waals surface area contributed by atoms with Crippen LogP contribution >= 0.6 is 0 Å². The standard InChI is InChI=1S/C28H42N2O3.C4H4O4/c1-27(2,3)22-18-20(19-23(25(22)32)28(4,5)6)24(31)21-14-13-15-29-26(21)33-17-12-10-9-11-16-30(7)8;5-3(6)1-2-4(7)8/h13-15,18-19,32H,9-12,16-17H2,1-8H3;1-2H,(H,5,6)(H,7,8). The molecule has 0 unspecified atom stereocenters. The van der Waals surface area contributed by atoms with Crippen molar-refractivity contribution in [2.75, 3.05) is 27.2 Å². The van der Waals surface area contributed by atoms with Gasteiger partial charge in [0.2, 0.25) is 5.88 Å². The van der Waals surface area contributed by atoms with Crippen molar-refractivity contribution in [2.45, 2.75) is 78.1 Å². The molecule has 0 radical (unpaired) electrons. The van der Waals surface area contributed by atoms with Gasteiger partial charge in [0.1, 0.15) is 5.75 Å². The molecule has 2 rings (SSSR count). The number of phenols is 1. The number of carboxylic acids is 2. The molecule has 3 N–H and O–H groups in total. The number of carboxylic acid groups (broad SMARTS) is 2. The van der Waals surface area contributed by atoms with Crippen LogP contribution in [0.4, 0.5) is 0 Å². The first-order valence-corrected chi connectivity index (χ1v) is 13.7. The Bertz CT molecular complexity index is 1150. The monoisotopic (exact) mass is 570 g/mol. The van der Waals surface area contributed by atoms with Gasteiger partial charge in [-0.25, -0.2) is 14.6 Å². The molecule has 0 atom stereocenters. The van der Waals surface area contributed by atoms with E-state index in [1.165, 1.54) is 6.42 Å². The molecule has 41 heavy (non-hydrogen) atoms. The summed E-state index contributed by atoms with van der Waals surface area (Å²) in [7, 11) is 4.18. The van der Waals surface area contributed by atoms with E-state index in [9.17, 15) is 19.5 Å². The fourth-order valence-electron chi connectivity index (χ4n) is 3.94. The molecular weight excluding hydrogens is 524 g/mol. The molecule has 0 saturated carbocycles. The average Bonchev–Trinajstić information content (AvgIpc) is 2.85. The van der Waals surface area contributed by atoms with Gasteiger partial charge in [0.15, 0.2) is 5.78 Å². The second-order valence-electron chi connectivity index (χ2n) is 12.2. The molecule has 0 aliphatic rings. The van der Waals surface area contributed by atoms with E-state index >= 15 is 0 Å². The highest BCUT2D eigenvalue weighted by molar-refractivity contribution is 6.10. The van der Waals surface area contributed by atoms with E-state index in [2.05, 4.69) is 24.0 Å². The maximum absolute atomic E-state index is 13.6. The molecule has 0 bridgehead atoms. The number of carbonyl (C=O) groups excluding carboxylic acids is 1. The summed E-state index contributed by atoms with van der Waals surface area (Å²) in [5.74, 6) is -2.01. The van der Waals surface area contributed by atoms with Crippen molar-refractivity contribution in [3.8, 4) is 11.6 Å². The van der Waals surface area contributed by atoms with E-state index in [1.807, 2.05) is 53.7 Å². The highest BCUT2D eigenvalue weighted by Crippen LogP contribution is 2.40. The summed E-state index contributed by atoms with van der Waals surface area (Å²) in [6.07, 6.45) is 7.12. The quantitative estimate of drug-likeness (QED) is 0.164. The summed E-state index contributed by atoms with van der Waals surface area (Å²) in [6.45, 7) is 13.9. The number of ketones is 1. The van der Waals surface area contributed by atoms with Crippen LogP contribution in [0.2, 0.25) is 0 Å². The number of ether oxygens (including phenoxy) is 1. The SMILES string of the molecule is CN(C)CCCCCCOc1ncccc1C(=O)c1cc(C(C)(C)C)c(O)c(C(C)(C)C)c1.O=C(O)C=CC(=O)O. The molecular formula is C32H46N2O7. The number of benzene rings is 1. The molecule has 1 heterocycles. The lowest BCUT2D eigenvalue weighted by Gasteiger charge is -2.28. The third-order valence-corrected chi connectivity index (χ3v) is 6.11. The highest BCUT2D eigenvalue weighted by atomic mass is 16.5. The predicted octanol–water partition coefficient (Wildman–Crippen LogP) is 5.83. The number of pyridine rings is 1. The lowest BCUT2D eigenvalue weighted by molar-refractivity contribution is -0.134. The predicted molar refractivity (Wildman–Crippen MR) is 160 cm³/mol. The van der Waals surface area contributed by atoms with E-state index in [0.717, 1.165) is 36.9 Å². The van der Waals surface area contributed by atoms with Crippen molar-refractivity contribution in [1.29, 1.82) is 0 Å². The Hall–Kier alpha value is -3.72. The van der Waals surface area contributed by atoms with Gasteiger partial charge >= 0.3 is 11.9 Å². The fourth-order valence-corrected chi connectivity index (χ4v) is 3.94.